The van der Waals surface area contributed by atoms with Gasteiger partial charge in [-0.05, 0) is 110 Å². The van der Waals surface area contributed by atoms with Crippen molar-refractivity contribution in [1.82, 2.24) is 29.9 Å². The SMILES string of the molecule is CCn1cc(-c2cccc3c2N[C@H](C)CC(=O)N3)cn1.C[C@@H]1CC(=O)Cc2cccc(-c3cccc4nn(C)cc34)c2N1.C[C@@H]1CC(=O)Nc2cccc(-c3ccc4cc[nH]c4c3)c2N1.C[C@@H]1CC(=O)Nc2cccc(C(=O)NC(c3ccccc3)c3ccccc3)c2N1. The van der Waals surface area contributed by atoms with Crippen molar-refractivity contribution in [1.29, 1.82) is 0 Å². The van der Waals surface area contributed by atoms with E-state index in [1.54, 1.807) is 18.2 Å². The number of hydrogen-bond donors (Lipinski definition) is 9. The van der Waals surface area contributed by atoms with Crippen LogP contribution in [0.5, 0.6) is 0 Å². The molecule has 3 aromatic heterocycles. The van der Waals surface area contributed by atoms with Crippen LogP contribution in [0, 0.1) is 0 Å². The van der Waals surface area contributed by atoms with Gasteiger partial charge in [0.2, 0.25) is 17.7 Å². The maximum Gasteiger partial charge on any atom is 0.254 e. The third-order valence-corrected chi connectivity index (χ3v) is 17.0. The molecule has 11 aromatic rings. The third-order valence-electron chi connectivity index (χ3n) is 17.0. The zero-order chi connectivity index (χ0) is 65.4. The lowest BCUT2D eigenvalue weighted by atomic mass is 9.96. The number of rotatable bonds is 8. The Bertz CT molecular complexity index is 4550. The highest BCUT2D eigenvalue weighted by Gasteiger charge is 2.27. The summed E-state index contributed by atoms with van der Waals surface area (Å²) in [5, 5.41) is 36.9. The first-order chi connectivity index (χ1) is 45.6. The van der Waals surface area contributed by atoms with Gasteiger partial charge in [0.25, 0.3) is 5.91 Å². The highest BCUT2D eigenvalue weighted by molar-refractivity contribution is 6.07. The quantitative estimate of drug-likeness (QED) is 0.0694. The van der Waals surface area contributed by atoms with Crippen molar-refractivity contribution in [2.24, 2.45) is 7.05 Å². The van der Waals surface area contributed by atoms with Gasteiger partial charge in [-0.2, -0.15) is 10.2 Å². The number of amides is 4. The van der Waals surface area contributed by atoms with Crippen molar-refractivity contribution in [2.75, 3.05) is 37.2 Å². The van der Waals surface area contributed by atoms with E-state index < -0.39 is 0 Å². The van der Waals surface area contributed by atoms with Crippen LogP contribution >= 0.6 is 0 Å². The predicted molar refractivity (Wildman–Crippen MR) is 377 cm³/mol. The number of H-pyrrole nitrogens is 1. The maximum atomic E-state index is 13.3. The minimum absolute atomic E-state index is 0.0464. The van der Waals surface area contributed by atoms with Gasteiger partial charge in [-0.25, -0.2) is 0 Å². The van der Waals surface area contributed by atoms with Crippen molar-refractivity contribution in [3.05, 3.63) is 223 Å². The average molecular weight is 1250 g/mol. The zero-order valence-electron chi connectivity index (χ0n) is 53.5. The number of ketones is 1. The van der Waals surface area contributed by atoms with E-state index in [9.17, 15) is 24.0 Å². The smallest absolute Gasteiger partial charge is 0.254 e. The topological polar surface area (TPSA) is 233 Å². The molecule has 18 heteroatoms. The Morgan fingerprint density at radius 3 is 1.69 bits per heavy atom. The molecule has 7 heterocycles. The lowest BCUT2D eigenvalue weighted by Gasteiger charge is -2.22. The van der Waals surface area contributed by atoms with Crippen LogP contribution in [-0.2, 0) is 39.2 Å². The molecule has 0 unspecified atom stereocenters. The summed E-state index contributed by atoms with van der Waals surface area (Å²) in [5.74, 6) is 0.129. The van der Waals surface area contributed by atoms with Crippen LogP contribution in [0.2, 0.25) is 0 Å². The van der Waals surface area contributed by atoms with E-state index in [0.29, 0.717) is 54.8 Å². The molecule has 0 fully saturated rings. The fraction of sp³-hybridized carbons (Fsp3) is 0.224. The lowest BCUT2D eigenvalue weighted by Crippen LogP contribution is -2.30. The highest BCUT2D eigenvalue weighted by Crippen LogP contribution is 2.41. The van der Waals surface area contributed by atoms with Gasteiger partial charge in [0, 0.05) is 127 Å². The fourth-order valence-corrected chi connectivity index (χ4v) is 12.6. The Morgan fingerprint density at radius 2 is 1.07 bits per heavy atom. The van der Waals surface area contributed by atoms with Crippen LogP contribution in [0.4, 0.5) is 39.8 Å². The zero-order valence-corrected chi connectivity index (χ0v) is 53.5. The van der Waals surface area contributed by atoms with Crippen molar-refractivity contribution < 1.29 is 24.0 Å². The minimum Gasteiger partial charge on any atom is -0.381 e. The molecule has 4 aliphatic rings. The Labute approximate surface area is 546 Å². The van der Waals surface area contributed by atoms with E-state index in [4.69, 9.17) is 0 Å². The minimum atomic E-state index is -0.279. The van der Waals surface area contributed by atoms with Crippen LogP contribution in [0.15, 0.2) is 201 Å². The number of Topliss-reactive ketones (excluding diaryl/α,β-unsaturated/α-hetero) is 1. The number of aromatic nitrogens is 5. The number of fused-ring (bicyclic) bond motifs is 6. The van der Waals surface area contributed by atoms with Crippen LogP contribution in [0.3, 0.4) is 0 Å². The molecule has 8 aromatic carbocycles. The molecule has 0 radical (unpaired) electrons. The molecule has 0 saturated carbocycles. The first-order valence-corrected chi connectivity index (χ1v) is 32.0. The second kappa shape index (κ2) is 28.1. The number of para-hydroxylation sites is 4. The van der Waals surface area contributed by atoms with Gasteiger partial charge in [-0.1, -0.05) is 133 Å². The number of carbonyl (C=O) groups excluding carboxylic acids is 5. The van der Waals surface area contributed by atoms with Crippen molar-refractivity contribution in [3.8, 4) is 33.4 Å². The number of benzene rings is 8. The maximum absolute atomic E-state index is 13.3. The number of aryl methyl sites for hydroxylation is 2. The molecule has 0 bridgehead atoms. The van der Waals surface area contributed by atoms with Gasteiger partial charge >= 0.3 is 0 Å². The van der Waals surface area contributed by atoms with E-state index in [1.165, 1.54) is 5.39 Å². The van der Waals surface area contributed by atoms with E-state index in [0.717, 1.165) is 101 Å². The third kappa shape index (κ3) is 14.4. The summed E-state index contributed by atoms with van der Waals surface area (Å²) in [7, 11) is 1.94. The molecule has 18 nitrogen and oxygen atoms in total. The molecular weight excluding hydrogens is 1170 g/mol. The molecule has 0 saturated heterocycles. The molecule has 15 rings (SSSR count). The summed E-state index contributed by atoms with van der Waals surface area (Å²) >= 11 is 0. The molecule has 0 aliphatic carbocycles. The monoisotopic (exact) mass is 1250 g/mol. The van der Waals surface area contributed by atoms with Crippen LogP contribution in [0.25, 0.3) is 55.2 Å². The van der Waals surface area contributed by atoms with Gasteiger partial charge < -0.3 is 47.5 Å². The molecule has 4 atom stereocenters. The molecular formula is C76H77N13O5. The predicted octanol–water partition coefficient (Wildman–Crippen LogP) is 14.6. The summed E-state index contributed by atoms with van der Waals surface area (Å²) in [6.45, 7) is 10.9. The second-order valence-corrected chi connectivity index (χ2v) is 24.5. The van der Waals surface area contributed by atoms with Crippen molar-refractivity contribution >= 4 is 91.0 Å². The summed E-state index contributed by atoms with van der Waals surface area (Å²) in [4.78, 5) is 64.3. The number of hydrogen-bond acceptors (Lipinski definition) is 11. The molecule has 94 heavy (non-hydrogen) atoms. The van der Waals surface area contributed by atoms with E-state index >= 15 is 0 Å². The summed E-state index contributed by atoms with van der Waals surface area (Å²) < 4.78 is 3.74. The van der Waals surface area contributed by atoms with Gasteiger partial charge in [0.1, 0.15) is 5.78 Å². The van der Waals surface area contributed by atoms with E-state index in [-0.39, 0.29) is 53.8 Å². The largest absolute Gasteiger partial charge is 0.381 e. The standard InChI is InChI=1S/C24H23N3O2.C19H19N3O.C18H17N3O.C15H18N4O/c1-16-15-21(28)26-20-14-8-13-19(23(20)25-16)24(29)27-22(17-9-4-2-5-10-17)18-11-6-3-7-12-18;1-12-9-14(23)10-13-5-3-7-16(19(13)20-12)15-6-4-8-18-17(15)11-22(2)21-18;1-11-9-17(22)21-15-4-2-3-14(18(15)20-11)13-6-5-12-7-8-19-16(12)10-13;1-3-19-9-11(8-16-19)12-5-4-6-13-15(12)17-10(2)7-14(20)18-13/h2-14,16,22,25H,15H2,1H3,(H,26,28)(H,27,29);3-8,11-12,20H,9-10H2,1-2H3;2-8,10-11,19-20H,9H2,1H3,(H,21,22);4-6,8-10,17H,3,7H2,1-2H3,(H,18,20)/t16-;12-;11-;10-/m1111/s1. The summed E-state index contributed by atoms with van der Waals surface area (Å²) in [6, 6.07) is 57.9. The number of carbonyl (C=O) groups is 5. The van der Waals surface area contributed by atoms with Gasteiger partial charge in [-0.3, -0.25) is 33.3 Å². The first kappa shape index (κ1) is 62.9. The van der Waals surface area contributed by atoms with Crippen molar-refractivity contribution in [3.63, 3.8) is 0 Å². The molecule has 476 valence electrons. The lowest BCUT2D eigenvalue weighted by molar-refractivity contribution is -0.118. The van der Waals surface area contributed by atoms with Gasteiger partial charge in [0.15, 0.2) is 0 Å². The van der Waals surface area contributed by atoms with Crippen LogP contribution < -0.4 is 42.5 Å². The molecule has 0 spiro atoms. The Hall–Kier alpha value is -11.3. The van der Waals surface area contributed by atoms with Crippen LogP contribution in [0.1, 0.15) is 93.4 Å². The van der Waals surface area contributed by atoms with Crippen molar-refractivity contribution in [2.45, 2.75) is 103 Å². The first-order valence-electron chi connectivity index (χ1n) is 32.0. The Morgan fingerprint density at radius 1 is 0.543 bits per heavy atom. The molecule has 9 N–H and O–H groups in total. The van der Waals surface area contributed by atoms with E-state index in [1.807, 2.05) is 171 Å². The normalized spacial score (nSPS) is 17.1. The van der Waals surface area contributed by atoms with Crippen LogP contribution in [-0.4, -0.2) is 78.1 Å². The summed E-state index contributed by atoms with van der Waals surface area (Å²) in [6.07, 6.45) is 10.3. The average Bonchev–Trinajstić information content (AvgIpc) is 1.53. The number of nitrogens with zero attached hydrogens (tertiary/aromatic N) is 4. The van der Waals surface area contributed by atoms with Gasteiger partial charge in [-0.15, -0.1) is 0 Å². The molecule has 4 amide bonds. The Balaban J connectivity index is 0.000000121. The van der Waals surface area contributed by atoms with E-state index in [2.05, 4.69) is 120 Å². The number of aromatic amines is 1. The second-order valence-electron chi connectivity index (χ2n) is 24.5. The highest BCUT2D eigenvalue weighted by atomic mass is 16.2. The summed E-state index contributed by atoms with van der Waals surface area (Å²) in [5.41, 5.74) is 18.4. The molecule has 4 aliphatic heterocycles. The fourth-order valence-electron chi connectivity index (χ4n) is 12.6. The number of nitrogens with one attached hydrogen (secondary N) is 9. The Kier molecular flexibility index (Phi) is 18.8. The number of anilines is 7. The van der Waals surface area contributed by atoms with Gasteiger partial charge in [0.05, 0.1) is 57.4 Å².